The molecule has 0 bridgehead atoms. The zero-order valence-electron chi connectivity index (χ0n) is 9.63. The highest BCUT2D eigenvalue weighted by atomic mass is 79.9. The standard InChI is InChI=1S/C10H11BrN6S2/c11-7-3-1-6(2-4-7)8(15-17-10(13)19)5-14-16-9(12)18/h1-5H,(H3,12,16,18)(H3,13,17,19)/b14-5-,15-8+. The lowest BCUT2D eigenvalue weighted by Gasteiger charge is -2.03. The Morgan fingerprint density at radius 1 is 1.11 bits per heavy atom. The maximum Gasteiger partial charge on any atom is 0.184 e. The molecule has 0 fully saturated rings. The predicted molar refractivity (Wildman–Crippen MR) is 89.0 cm³/mol. The van der Waals surface area contributed by atoms with Gasteiger partial charge in [0.15, 0.2) is 10.2 Å². The van der Waals surface area contributed by atoms with E-state index in [0.29, 0.717) is 5.71 Å². The number of nitrogens with zero attached hydrogens (tertiary/aromatic N) is 2. The van der Waals surface area contributed by atoms with E-state index in [4.69, 9.17) is 11.5 Å². The molecule has 1 rings (SSSR count). The lowest BCUT2D eigenvalue weighted by molar-refractivity contribution is 1.03. The Balaban J connectivity index is 2.94. The molecule has 0 heterocycles. The summed E-state index contributed by atoms with van der Waals surface area (Å²) < 4.78 is 0.955. The molecule has 1 aromatic rings. The summed E-state index contributed by atoms with van der Waals surface area (Å²) in [5, 5.41) is 8.00. The number of thiocarbonyl (C=S) groups is 2. The van der Waals surface area contributed by atoms with Gasteiger partial charge in [0.05, 0.1) is 6.21 Å². The topological polar surface area (TPSA) is 101 Å². The van der Waals surface area contributed by atoms with Crippen molar-refractivity contribution in [3.05, 3.63) is 34.3 Å². The third kappa shape index (κ3) is 6.22. The third-order valence-corrected chi connectivity index (χ3v) is 2.50. The summed E-state index contributed by atoms with van der Waals surface area (Å²) in [7, 11) is 0. The van der Waals surface area contributed by atoms with Crippen LogP contribution in [0.25, 0.3) is 0 Å². The zero-order valence-corrected chi connectivity index (χ0v) is 12.8. The molecule has 9 heteroatoms. The highest BCUT2D eigenvalue weighted by molar-refractivity contribution is 9.10. The van der Waals surface area contributed by atoms with Gasteiger partial charge in [-0.1, -0.05) is 28.1 Å². The fraction of sp³-hybridized carbons (Fsp3) is 0. The maximum atomic E-state index is 5.32. The number of nitrogens with two attached hydrogens (primary N) is 2. The molecule has 1 aromatic carbocycles. The molecule has 0 saturated carbocycles. The minimum absolute atomic E-state index is 0.0605. The molecule has 6 nitrogen and oxygen atoms in total. The number of hydrogen-bond acceptors (Lipinski definition) is 4. The Kier molecular flexibility index (Phi) is 6.33. The molecule has 0 saturated heterocycles. The maximum absolute atomic E-state index is 5.32. The van der Waals surface area contributed by atoms with Crippen molar-refractivity contribution in [1.29, 1.82) is 0 Å². The largest absolute Gasteiger partial charge is 0.375 e. The van der Waals surface area contributed by atoms with E-state index < -0.39 is 0 Å². The number of benzene rings is 1. The number of halogens is 1. The Labute approximate surface area is 129 Å². The van der Waals surface area contributed by atoms with Crippen LogP contribution >= 0.6 is 40.4 Å². The second-order valence-corrected chi connectivity index (χ2v) is 5.01. The van der Waals surface area contributed by atoms with Crippen molar-refractivity contribution in [1.82, 2.24) is 10.9 Å². The highest BCUT2D eigenvalue weighted by Gasteiger charge is 2.01. The van der Waals surface area contributed by atoms with E-state index in [2.05, 4.69) is 61.4 Å². The van der Waals surface area contributed by atoms with E-state index in [1.165, 1.54) is 6.21 Å². The number of nitrogens with one attached hydrogen (secondary N) is 2. The van der Waals surface area contributed by atoms with Gasteiger partial charge in [-0.15, -0.1) is 0 Å². The van der Waals surface area contributed by atoms with E-state index in [0.717, 1.165) is 10.0 Å². The van der Waals surface area contributed by atoms with E-state index in [1.54, 1.807) is 0 Å². The summed E-state index contributed by atoms with van der Waals surface area (Å²) in [4.78, 5) is 0. The van der Waals surface area contributed by atoms with Crippen LogP contribution in [-0.2, 0) is 0 Å². The molecule has 0 aliphatic carbocycles. The van der Waals surface area contributed by atoms with Gasteiger partial charge in [-0.25, -0.2) is 0 Å². The predicted octanol–water partition coefficient (Wildman–Crippen LogP) is 0.805. The van der Waals surface area contributed by atoms with E-state index in [1.807, 2.05) is 24.3 Å². The second kappa shape index (κ2) is 7.77. The molecule has 0 aliphatic rings. The average Bonchev–Trinajstić information content (AvgIpc) is 2.34. The number of hydrazone groups is 2. The van der Waals surface area contributed by atoms with Gasteiger partial charge in [-0.2, -0.15) is 10.2 Å². The van der Waals surface area contributed by atoms with Crippen LogP contribution in [0.2, 0.25) is 0 Å². The average molecular weight is 359 g/mol. The van der Waals surface area contributed by atoms with Crippen molar-refractivity contribution >= 4 is 62.5 Å². The molecular weight excluding hydrogens is 348 g/mol. The fourth-order valence-electron chi connectivity index (χ4n) is 1.06. The first-order valence-electron chi connectivity index (χ1n) is 4.96. The minimum Gasteiger partial charge on any atom is -0.375 e. The minimum atomic E-state index is 0.0605. The lowest BCUT2D eigenvalue weighted by atomic mass is 10.1. The third-order valence-electron chi connectivity index (χ3n) is 1.79. The molecule has 0 aliphatic heterocycles. The first-order chi connectivity index (χ1) is 8.99. The summed E-state index contributed by atoms with van der Waals surface area (Å²) in [6, 6.07) is 7.47. The molecule has 19 heavy (non-hydrogen) atoms. The van der Waals surface area contributed by atoms with Gasteiger partial charge in [0.2, 0.25) is 0 Å². The van der Waals surface area contributed by atoms with Crippen molar-refractivity contribution in [2.24, 2.45) is 21.7 Å². The first kappa shape index (κ1) is 15.5. The summed E-state index contributed by atoms with van der Waals surface area (Å²) in [6.07, 6.45) is 1.45. The smallest absolute Gasteiger partial charge is 0.184 e. The molecule has 6 N–H and O–H groups in total. The molecule has 0 aromatic heterocycles. The summed E-state index contributed by atoms with van der Waals surface area (Å²) in [5.74, 6) is 0. The van der Waals surface area contributed by atoms with Crippen molar-refractivity contribution in [2.45, 2.75) is 0 Å². The van der Waals surface area contributed by atoms with Crippen LogP contribution in [0.4, 0.5) is 0 Å². The van der Waals surface area contributed by atoms with Crippen LogP contribution in [0.3, 0.4) is 0 Å². The Hall–Kier alpha value is -1.58. The van der Waals surface area contributed by atoms with Crippen molar-refractivity contribution in [3.63, 3.8) is 0 Å². The van der Waals surface area contributed by atoms with Gasteiger partial charge in [0, 0.05) is 10.0 Å². The van der Waals surface area contributed by atoms with Gasteiger partial charge >= 0.3 is 0 Å². The molecular formula is C10H11BrN6S2. The van der Waals surface area contributed by atoms with Gasteiger partial charge in [0.25, 0.3) is 0 Å². The highest BCUT2D eigenvalue weighted by Crippen LogP contribution is 2.10. The number of rotatable bonds is 4. The summed E-state index contributed by atoms with van der Waals surface area (Å²) in [5.41, 5.74) is 16.9. The van der Waals surface area contributed by atoms with Crippen molar-refractivity contribution in [3.8, 4) is 0 Å². The quantitative estimate of drug-likeness (QED) is 0.361. The SMILES string of the molecule is NC(=S)N/N=C\C(=N/NC(N)=S)c1ccc(Br)cc1. The Morgan fingerprint density at radius 3 is 2.21 bits per heavy atom. The zero-order chi connectivity index (χ0) is 14.3. The van der Waals surface area contributed by atoms with Gasteiger partial charge in [-0.05, 0) is 36.6 Å². The molecule has 0 unspecified atom stereocenters. The molecule has 0 spiro atoms. The Morgan fingerprint density at radius 2 is 1.68 bits per heavy atom. The van der Waals surface area contributed by atoms with Crippen LogP contribution in [0.15, 0.2) is 38.9 Å². The van der Waals surface area contributed by atoms with E-state index in [9.17, 15) is 0 Å². The van der Waals surface area contributed by atoms with Crippen LogP contribution in [0.5, 0.6) is 0 Å². The van der Waals surface area contributed by atoms with Crippen LogP contribution < -0.4 is 22.3 Å². The van der Waals surface area contributed by atoms with E-state index in [-0.39, 0.29) is 10.2 Å². The number of hydrogen-bond donors (Lipinski definition) is 4. The molecule has 0 atom stereocenters. The monoisotopic (exact) mass is 358 g/mol. The van der Waals surface area contributed by atoms with Gasteiger partial charge in [-0.3, -0.25) is 10.9 Å². The summed E-state index contributed by atoms with van der Waals surface area (Å²) >= 11 is 12.7. The van der Waals surface area contributed by atoms with E-state index >= 15 is 0 Å². The van der Waals surface area contributed by atoms with Crippen molar-refractivity contribution < 1.29 is 0 Å². The molecule has 100 valence electrons. The van der Waals surface area contributed by atoms with Gasteiger partial charge in [0.1, 0.15) is 5.71 Å². The fourth-order valence-corrected chi connectivity index (χ4v) is 1.42. The van der Waals surface area contributed by atoms with Crippen LogP contribution in [0, 0.1) is 0 Å². The first-order valence-corrected chi connectivity index (χ1v) is 6.57. The molecule has 0 radical (unpaired) electrons. The van der Waals surface area contributed by atoms with Crippen LogP contribution in [-0.4, -0.2) is 22.2 Å². The van der Waals surface area contributed by atoms with Gasteiger partial charge < -0.3 is 11.5 Å². The summed E-state index contributed by atoms with van der Waals surface area (Å²) in [6.45, 7) is 0. The van der Waals surface area contributed by atoms with Crippen molar-refractivity contribution in [2.75, 3.05) is 0 Å². The van der Waals surface area contributed by atoms with Crippen LogP contribution in [0.1, 0.15) is 5.56 Å². The second-order valence-electron chi connectivity index (χ2n) is 3.21. The Bertz CT molecular complexity index is 525. The molecule has 0 amide bonds. The normalized spacial score (nSPS) is 11.3. The lowest BCUT2D eigenvalue weighted by Crippen LogP contribution is -2.27.